The second kappa shape index (κ2) is 11.2. The van der Waals surface area contributed by atoms with E-state index in [4.69, 9.17) is 4.74 Å². The first-order chi connectivity index (χ1) is 24.7. The topological polar surface area (TPSA) is 17.4 Å². The van der Waals surface area contributed by atoms with Crippen LogP contribution >= 0.6 is 0 Å². The zero-order valence-electron chi connectivity index (χ0n) is 26.9. The summed E-state index contributed by atoms with van der Waals surface area (Å²) in [5, 5.41) is 4.72. The summed E-state index contributed by atoms with van der Waals surface area (Å²) >= 11 is 0. The van der Waals surface area contributed by atoms with Crippen LogP contribution in [0.3, 0.4) is 0 Å². The van der Waals surface area contributed by atoms with Crippen LogP contribution < -0.4 is 9.64 Å². The average molecular weight is 645 g/mol. The number of benzene rings is 8. The normalized spacial score (nSPS) is 11.9. The van der Waals surface area contributed by atoms with Crippen molar-refractivity contribution in [1.82, 2.24) is 4.57 Å². The number of halogens is 1. The molecule has 0 N–H and O–H groups in total. The maximum atomic E-state index is 14.1. The van der Waals surface area contributed by atoms with Crippen molar-refractivity contribution in [2.45, 2.75) is 0 Å². The summed E-state index contributed by atoms with van der Waals surface area (Å²) in [6, 6.07) is 59.9. The minimum absolute atomic E-state index is 0.272. The predicted octanol–water partition coefficient (Wildman–Crippen LogP) is 13.0. The fourth-order valence-electron chi connectivity index (χ4n) is 7.54. The maximum Gasteiger partial charge on any atom is 0.137 e. The molecule has 1 aliphatic heterocycles. The fraction of sp³-hybridized carbons (Fsp3) is 0. The van der Waals surface area contributed by atoms with Crippen LogP contribution in [-0.2, 0) is 0 Å². The van der Waals surface area contributed by atoms with E-state index in [1.54, 1.807) is 0 Å². The third kappa shape index (κ3) is 4.50. The molecule has 1 aromatic heterocycles. The van der Waals surface area contributed by atoms with Gasteiger partial charge in [0.15, 0.2) is 0 Å². The van der Waals surface area contributed by atoms with E-state index in [0.29, 0.717) is 0 Å². The molecule has 10 rings (SSSR count). The highest BCUT2D eigenvalue weighted by Gasteiger charge is 2.22. The second-order valence-corrected chi connectivity index (χ2v) is 12.7. The number of aromatic nitrogens is 1. The number of rotatable bonds is 5. The van der Waals surface area contributed by atoms with Gasteiger partial charge in [-0.3, -0.25) is 0 Å². The van der Waals surface area contributed by atoms with Crippen molar-refractivity contribution in [3.05, 3.63) is 182 Å². The largest absolute Gasteiger partial charge is 0.456 e. The van der Waals surface area contributed by atoms with Gasteiger partial charge in [-0.25, -0.2) is 4.39 Å². The van der Waals surface area contributed by atoms with Gasteiger partial charge in [-0.2, -0.15) is 0 Å². The molecule has 3 nitrogen and oxygen atoms in total. The molecule has 4 heteroatoms. The molecular weight excluding hydrogens is 616 g/mol. The molecule has 0 spiro atoms. The van der Waals surface area contributed by atoms with E-state index in [1.807, 2.05) is 24.3 Å². The number of para-hydroxylation sites is 2. The van der Waals surface area contributed by atoms with Crippen LogP contribution in [0.15, 0.2) is 176 Å². The Kier molecular flexibility index (Phi) is 6.36. The lowest BCUT2D eigenvalue weighted by Gasteiger charge is -2.28. The Hall–Kier alpha value is -6.65. The minimum atomic E-state index is -0.272. The van der Waals surface area contributed by atoms with E-state index in [-0.39, 0.29) is 5.82 Å². The maximum absolute atomic E-state index is 14.1. The van der Waals surface area contributed by atoms with Crippen LogP contribution in [0.4, 0.5) is 21.5 Å². The molecule has 0 amide bonds. The van der Waals surface area contributed by atoms with Gasteiger partial charge in [0.05, 0.1) is 11.0 Å². The van der Waals surface area contributed by atoms with Gasteiger partial charge >= 0.3 is 0 Å². The van der Waals surface area contributed by atoms with Crippen molar-refractivity contribution in [3.63, 3.8) is 0 Å². The molecule has 236 valence electrons. The molecule has 1 aliphatic rings. The lowest BCUT2D eigenvalue weighted by atomic mass is 9.94. The number of ether oxygens (including phenoxy) is 1. The zero-order valence-corrected chi connectivity index (χ0v) is 26.9. The number of nitrogens with zero attached hydrogens (tertiary/aromatic N) is 2. The van der Waals surface area contributed by atoms with E-state index < -0.39 is 0 Å². The second-order valence-electron chi connectivity index (χ2n) is 12.7. The summed E-state index contributed by atoms with van der Waals surface area (Å²) in [4.78, 5) is 2.14. The molecule has 2 heterocycles. The molecule has 8 aromatic carbocycles. The summed E-state index contributed by atoms with van der Waals surface area (Å²) in [7, 11) is 0. The minimum Gasteiger partial charge on any atom is -0.456 e. The van der Waals surface area contributed by atoms with Crippen molar-refractivity contribution in [2.24, 2.45) is 0 Å². The molecule has 9 aromatic rings. The smallest absolute Gasteiger partial charge is 0.137 e. The first kappa shape index (κ1) is 28.4. The van der Waals surface area contributed by atoms with Crippen LogP contribution in [0.2, 0.25) is 0 Å². The Labute approximate surface area is 288 Å². The molecule has 0 saturated heterocycles. The Balaban J connectivity index is 1.06. The molecular formula is C46H29FN2O. The van der Waals surface area contributed by atoms with E-state index in [0.717, 1.165) is 67.3 Å². The predicted molar refractivity (Wildman–Crippen MR) is 204 cm³/mol. The van der Waals surface area contributed by atoms with Crippen molar-refractivity contribution in [1.29, 1.82) is 0 Å². The molecule has 0 fully saturated rings. The highest BCUT2D eigenvalue weighted by Crippen LogP contribution is 2.49. The quantitative estimate of drug-likeness (QED) is 0.185. The van der Waals surface area contributed by atoms with Gasteiger partial charge in [0.2, 0.25) is 0 Å². The van der Waals surface area contributed by atoms with Gasteiger partial charge < -0.3 is 14.2 Å². The number of fused-ring (bicyclic) bond motifs is 5. The van der Waals surface area contributed by atoms with Crippen LogP contribution in [0.1, 0.15) is 0 Å². The Morgan fingerprint density at radius 3 is 1.96 bits per heavy atom. The highest BCUT2D eigenvalue weighted by molar-refractivity contribution is 6.10. The first-order valence-corrected chi connectivity index (χ1v) is 16.8. The lowest BCUT2D eigenvalue weighted by Crippen LogP contribution is -2.10. The summed E-state index contributed by atoms with van der Waals surface area (Å²) < 4.78 is 23.0. The molecule has 0 saturated carbocycles. The van der Waals surface area contributed by atoms with Crippen LogP contribution in [0, 0.1) is 5.82 Å². The van der Waals surface area contributed by atoms with Crippen LogP contribution in [0.25, 0.3) is 60.5 Å². The van der Waals surface area contributed by atoms with Crippen molar-refractivity contribution in [2.75, 3.05) is 4.90 Å². The zero-order chi connectivity index (χ0) is 33.2. The van der Waals surface area contributed by atoms with Gasteiger partial charge in [0, 0.05) is 50.5 Å². The van der Waals surface area contributed by atoms with Gasteiger partial charge in [-0.1, -0.05) is 84.9 Å². The number of hydrogen-bond acceptors (Lipinski definition) is 2. The van der Waals surface area contributed by atoms with Gasteiger partial charge in [-0.15, -0.1) is 0 Å². The molecule has 50 heavy (non-hydrogen) atoms. The lowest BCUT2D eigenvalue weighted by molar-refractivity contribution is 0.487. The molecule has 0 unspecified atom stereocenters. The van der Waals surface area contributed by atoms with Crippen LogP contribution in [-0.4, -0.2) is 4.57 Å². The molecule has 0 atom stereocenters. The molecule has 0 aliphatic carbocycles. The summed E-state index contributed by atoms with van der Waals surface area (Å²) in [6.45, 7) is 0. The Bertz CT molecular complexity index is 2730. The van der Waals surface area contributed by atoms with Crippen molar-refractivity contribution < 1.29 is 9.13 Å². The third-order valence-corrected chi connectivity index (χ3v) is 9.83. The van der Waals surface area contributed by atoms with Gasteiger partial charge in [-0.05, 0) is 107 Å². The van der Waals surface area contributed by atoms with E-state index in [1.165, 1.54) is 33.9 Å². The average Bonchev–Trinajstić information content (AvgIpc) is 3.50. The summed E-state index contributed by atoms with van der Waals surface area (Å²) in [6.07, 6.45) is 0. The number of hydrogen-bond donors (Lipinski definition) is 0. The van der Waals surface area contributed by atoms with E-state index >= 15 is 0 Å². The van der Waals surface area contributed by atoms with Crippen molar-refractivity contribution in [3.8, 4) is 39.4 Å². The monoisotopic (exact) mass is 644 g/mol. The van der Waals surface area contributed by atoms with E-state index in [2.05, 4.69) is 149 Å². The summed E-state index contributed by atoms with van der Waals surface area (Å²) in [5.74, 6) is 1.37. The molecule has 0 radical (unpaired) electrons. The highest BCUT2D eigenvalue weighted by atomic mass is 19.1. The summed E-state index contributed by atoms with van der Waals surface area (Å²) in [5.41, 5.74) is 10.7. The van der Waals surface area contributed by atoms with Gasteiger partial charge in [0.25, 0.3) is 0 Å². The fourth-order valence-corrected chi connectivity index (χ4v) is 7.54. The van der Waals surface area contributed by atoms with Crippen molar-refractivity contribution >= 4 is 49.6 Å². The van der Waals surface area contributed by atoms with Crippen LogP contribution in [0.5, 0.6) is 11.5 Å². The molecule has 0 bridgehead atoms. The standard InChI is InChI=1S/C46H29FN2O/c47-33-19-23-36(24-20-33)48(37-25-26-39-40-13-6-8-31-9-7-15-44(46(31)40)50-45(39)29-37)35-21-16-30(17-22-35)32-18-27-43-41(28-32)38-12-4-5-14-42(38)49(43)34-10-2-1-3-11-34/h1-29H. The SMILES string of the molecule is Fc1ccc(N(c2ccc(-c3ccc4c(c3)c3ccccc3n4-c3ccccc3)cc2)c2ccc3c(c2)Oc2cccc4cccc-3c24)cc1. The van der Waals surface area contributed by atoms with Gasteiger partial charge in [0.1, 0.15) is 17.3 Å². The Morgan fingerprint density at radius 2 is 1.14 bits per heavy atom. The number of anilines is 3. The Morgan fingerprint density at radius 1 is 0.460 bits per heavy atom. The first-order valence-electron chi connectivity index (χ1n) is 16.8. The third-order valence-electron chi connectivity index (χ3n) is 9.83. The van der Waals surface area contributed by atoms with E-state index in [9.17, 15) is 4.39 Å².